The quantitative estimate of drug-likeness (QED) is 0.367. The lowest BCUT2D eigenvalue weighted by Crippen LogP contribution is -2.28. The molecule has 3 aromatic rings. The maximum atomic E-state index is 12.3. The van der Waals surface area contributed by atoms with E-state index in [0.29, 0.717) is 17.1 Å². The zero-order valence-electron chi connectivity index (χ0n) is 15.7. The number of hydrogen-bond acceptors (Lipinski definition) is 5. The molecule has 5 heteroatoms. The van der Waals surface area contributed by atoms with Crippen molar-refractivity contribution in [3.05, 3.63) is 70.1 Å². The first-order valence-corrected chi connectivity index (χ1v) is 8.98. The number of carbonyl (C=O) groups is 1. The van der Waals surface area contributed by atoms with Crippen LogP contribution in [0, 0.1) is 6.92 Å². The number of ether oxygens (including phenoxy) is 2. The van der Waals surface area contributed by atoms with Crippen molar-refractivity contribution in [3.63, 3.8) is 0 Å². The average molecular weight is 366 g/mol. The van der Waals surface area contributed by atoms with Gasteiger partial charge in [-0.2, -0.15) is 0 Å². The monoisotopic (exact) mass is 366 g/mol. The van der Waals surface area contributed by atoms with Crippen LogP contribution in [0.2, 0.25) is 0 Å². The van der Waals surface area contributed by atoms with Crippen molar-refractivity contribution in [2.75, 3.05) is 0 Å². The highest BCUT2D eigenvalue weighted by Gasteiger charge is 2.18. The Morgan fingerprint density at radius 1 is 1.11 bits per heavy atom. The van der Waals surface area contributed by atoms with Gasteiger partial charge in [0, 0.05) is 17.5 Å². The zero-order valence-corrected chi connectivity index (χ0v) is 15.7. The number of fused-ring (bicyclic) bond motifs is 1. The number of hydrogen-bond donors (Lipinski definition) is 0. The van der Waals surface area contributed by atoms with Gasteiger partial charge in [0.05, 0.1) is 0 Å². The minimum absolute atomic E-state index is 0.309. The van der Waals surface area contributed by atoms with Crippen LogP contribution < -0.4 is 15.1 Å². The Kier molecular flexibility index (Phi) is 5.60. The predicted octanol–water partition coefficient (Wildman–Crippen LogP) is 4.43. The Morgan fingerprint density at radius 3 is 2.67 bits per heavy atom. The van der Waals surface area contributed by atoms with Crippen LogP contribution in [0.25, 0.3) is 11.0 Å². The maximum absolute atomic E-state index is 12.3. The molecule has 0 saturated heterocycles. The van der Waals surface area contributed by atoms with Gasteiger partial charge < -0.3 is 13.9 Å². The van der Waals surface area contributed by atoms with Gasteiger partial charge in [-0.1, -0.05) is 25.5 Å². The van der Waals surface area contributed by atoms with Gasteiger partial charge in [-0.15, -0.1) is 0 Å². The summed E-state index contributed by atoms with van der Waals surface area (Å²) in [5, 5.41) is 0.848. The van der Waals surface area contributed by atoms with Crippen molar-refractivity contribution >= 4 is 16.9 Å². The topological polar surface area (TPSA) is 65.7 Å². The Balaban J connectivity index is 1.77. The van der Waals surface area contributed by atoms with E-state index in [2.05, 4.69) is 0 Å². The summed E-state index contributed by atoms with van der Waals surface area (Å²) < 4.78 is 16.3. The van der Waals surface area contributed by atoms with Crippen LogP contribution in [-0.4, -0.2) is 12.1 Å². The standard InChI is InChI=1S/C22H22O5/c1-4-6-16-12-21(23)27-20-13-18(9-10-19(16)20)26-22(24)15(3)25-17-8-5-7-14(2)11-17/h5,7-13,15H,4,6H2,1-3H3/t15-/m0/s1. The molecule has 0 N–H and O–H groups in total. The second-order valence-electron chi connectivity index (χ2n) is 6.50. The van der Waals surface area contributed by atoms with Gasteiger partial charge in [0.1, 0.15) is 17.1 Å². The van der Waals surface area contributed by atoms with Crippen LogP contribution in [0.1, 0.15) is 31.4 Å². The van der Waals surface area contributed by atoms with Gasteiger partial charge in [0.2, 0.25) is 0 Å². The molecule has 3 rings (SSSR count). The van der Waals surface area contributed by atoms with Crippen molar-refractivity contribution < 1.29 is 18.7 Å². The van der Waals surface area contributed by atoms with Gasteiger partial charge in [-0.3, -0.25) is 0 Å². The molecular weight excluding hydrogens is 344 g/mol. The molecule has 5 nitrogen and oxygen atoms in total. The summed E-state index contributed by atoms with van der Waals surface area (Å²) in [4.78, 5) is 24.1. The van der Waals surface area contributed by atoms with Crippen LogP contribution in [-0.2, 0) is 11.2 Å². The summed E-state index contributed by atoms with van der Waals surface area (Å²) in [6.07, 6.45) is 0.923. The predicted molar refractivity (Wildman–Crippen MR) is 103 cm³/mol. The first-order valence-electron chi connectivity index (χ1n) is 8.98. The Bertz CT molecular complexity index is 1020. The molecule has 0 radical (unpaired) electrons. The van der Waals surface area contributed by atoms with Gasteiger partial charge in [0.25, 0.3) is 0 Å². The fraction of sp³-hybridized carbons (Fsp3) is 0.273. The van der Waals surface area contributed by atoms with E-state index in [4.69, 9.17) is 13.9 Å². The van der Waals surface area contributed by atoms with Crippen molar-refractivity contribution in [1.29, 1.82) is 0 Å². The fourth-order valence-corrected chi connectivity index (χ4v) is 2.89. The lowest BCUT2D eigenvalue weighted by Gasteiger charge is -2.14. The van der Waals surface area contributed by atoms with Crippen LogP contribution >= 0.6 is 0 Å². The van der Waals surface area contributed by atoms with E-state index >= 15 is 0 Å². The normalized spacial score (nSPS) is 12.0. The van der Waals surface area contributed by atoms with Crippen molar-refractivity contribution in [2.24, 2.45) is 0 Å². The molecule has 0 amide bonds. The first kappa shape index (κ1) is 18.7. The van der Waals surface area contributed by atoms with Crippen molar-refractivity contribution in [1.82, 2.24) is 0 Å². The Morgan fingerprint density at radius 2 is 1.93 bits per heavy atom. The van der Waals surface area contributed by atoms with E-state index in [0.717, 1.165) is 29.4 Å². The number of esters is 1. The molecule has 2 aromatic carbocycles. The average Bonchev–Trinajstić information content (AvgIpc) is 2.61. The molecule has 0 unspecified atom stereocenters. The van der Waals surface area contributed by atoms with Crippen molar-refractivity contribution in [2.45, 2.75) is 39.7 Å². The molecule has 140 valence electrons. The molecule has 0 spiro atoms. The SMILES string of the molecule is CCCc1cc(=O)oc2cc(OC(=O)[C@H](C)Oc3cccc(C)c3)ccc12. The third-order valence-corrected chi connectivity index (χ3v) is 4.17. The summed E-state index contributed by atoms with van der Waals surface area (Å²) in [6.45, 7) is 5.63. The summed E-state index contributed by atoms with van der Waals surface area (Å²) >= 11 is 0. The van der Waals surface area contributed by atoms with E-state index in [1.807, 2.05) is 32.0 Å². The second kappa shape index (κ2) is 8.08. The molecule has 0 saturated carbocycles. The van der Waals surface area contributed by atoms with E-state index in [9.17, 15) is 9.59 Å². The minimum atomic E-state index is -0.777. The summed E-state index contributed by atoms with van der Waals surface area (Å²) in [6, 6.07) is 14.0. The molecule has 1 heterocycles. The van der Waals surface area contributed by atoms with Crippen LogP contribution in [0.5, 0.6) is 11.5 Å². The van der Waals surface area contributed by atoms with Crippen LogP contribution in [0.3, 0.4) is 0 Å². The summed E-state index contributed by atoms with van der Waals surface area (Å²) in [7, 11) is 0. The molecule has 0 aliphatic rings. The molecular formula is C22H22O5. The highest BCUT2D eigenvalue weighted by Crippen LogP contribution is 2.24. The summed E-state index contributed by atoms with van der Waals surface area (Å²) in [5.74, 6) is 0.389. The van der Waals surface area contributed by atoms with Gasteiger partial charge in [-0.05, 0) is 55.7 Å². The Labute approximate surface area is 157 Å². The second-order valence-corrected chi connectivity index (χ2v) is 6.50. The molecule has 0 aliphatic carbocycles. The van der Waals surface area contributed by atoms with Gasteiger partial charge in [0.15, 0.2) is 6.10 Å². The first-order chi connectivity index (χ1) is 13.0. The fourth-order valence-electron chi connectivity index (χ4n) is 2.89. The zero-order chi connectivity index (χ0) is 19.4. The molecule has 1 atom stereocenters. The number of aryl methyl sites for hydroxylation is 2. The highest BCUT2D eigenvalue weighted by molar-refractivity contribution is 5.83. The van der Waals surface area contributed by atoms with Crippen LogP contribution in [0.15, 0.2) is 57.7 Å². The molecule has 0 bridgehead atoms. The third kappa shape index (κ3) is 4.56. The molecule has 0 fully saturated rings. The van der Waals surface area contributed by atoms with E-state index in [-0.39, 0.29) is 0 Å². The van der Waals surface area contributed by atoms with E-state index < -0.39 is 17.7 Å². The summed E-state index contributed by atoms with van der Waals surface area (Å²) in [5.41, 5.74) is 1.97. The van der Waals surface area contributed by atoms with Gasteiger partial charge >= 0.3 is 11.6 Å². The number of benzene rings is 2. The Hall–Kier alpha value is -3.08. The minimum Gasteiger partial charge on any atom is -0.479 e. The number of carbonyl (C=O) groups excluding carboxylic acids is 1. The highest BCUT2D eigenvalue weighted by atomic mass is 16.6. The van der Waals surface area contributed by atoms with Gasteiger partial charge in [-0.25, -0.2) is 9.59 Å². The maximum Gasteiger partial charge on any atom is 0.352 e. The van der Waals surface area contributed by atoms with E-state index in [1.165, 1.54) is 6.07 Å². The smallest absolute Gasteiger partial charge is 0.352 e. The van der Waals surface area contributed by atoms with E-state index in [1.54, 1.807) is 31.2 Å². The lowest BCUT2D eigenvalue weighted by molar-refractivity contribution is -0.141. The molecule has 1 aromatic heterocycles. The third-order valence-electron chi connectivity index (χ3n) is 4.17. The molecule has 0 aliphatic heterocycles. The lowest BCUT2D eigenvalue weighted by atomic mass is 10.1. The van der Waals surface area contributed by atoms with Crippen molar-refractivity contribution in [3.8, 4) is 11.5 Å². The largest absolute Gasteiger partial charge is 0.479 e. The molecule has 27 heavy (non-hydrogen) atoms. The number of rotatable bonds is 6. The van der Waals surface area contributed by atoms with Crippen LogP contribution in [0.4, 0.5) is 0 Å².